The van der Waals surface area contributed by atoms with Gasteiger partial charge in [-0.1, -0.05) is 30.3 Å². The molecule has 0 radical (unpaired) electrons. The molecule has 1 aromatic heterocycles. The Bertz CT molecular complexity index is 552. The van der Waals surface area contributed by atoms with Crippen LogP contribution in [0.5, 0.6) is 0 Å². The van der Waals surface area contributed by atoms with Gasteiger partial charge in [0.05, 0.1) is 5.56 Å². The highest BCUT2D eigenvalue weighted by Gasteiger charge is 2.12. The van der Waals surface area contributed by atoms with Crippen LogP contribution in [0.4, 0.5) is 0 Å². The molecule has 1 heterocycles. The number of hydrogen-bond acceptors (Lipinski definition) is 2. The van der Waals surface area contributed by atoms with E-state index in [-0.39, 0.29) is 5.78 Å². The van der Waals surface area contributed by atoms with Gasteiger partial charge in [0.2, 0.25) is 0 Å². The van der Waals surface area contributed by atoms with Crippen LogP contribution < -0.4 is 0 Å². The van der Waals surface area contributed by atoms with E-state index in [1.807, 2.05) is 18.2 Å². The standard InChI is InChI=1S/C14H9NO/c1-2-13-12(9-6-10-15-13)14(16)11-7-4-3-5-8-11/h1,3-10H. The van der Waals surface area contributed by atoms with Crippen molar-refractivity contribution in [2.75, 3.05) is 0 Å². The third kappa shape index (κ3) is 1.84. The maximum absolute atomic E-state index is 12.1. The highest BCUT2D eigenvalue weighted by Crippen LogP contribution is 2.11. The Morgan fingerprint density at radius 3 is 2.56 bits per heavy atom. The van der Waals surface area contributed by atoms with Crippen molar-refractivity contribution in [2.24, 2.45) is 0 Å². The lowest BCUT2D eigenvalue weighted by Crippen LogP contribution is -2.04. The maximum atomic E-state index is 12.1. The van der Waals surface area contributed by atoms with E-state index in [1.54, 1.807) is 30.5 Å². The number of hydrogen-bond donors (Lipinski definition) is 0. The molecule has 0 spiro atoms. The second kappa shape index (κ2) is 4.41. The highest BCUT2D eigenvalue weighted by molar-refractivity contribution is 6.10. The summed E-state index contributed by atoms with van der Waals surface area (Å²) in [5.41, 5.74) is 1.47. The van der Waals surface area contributed by atoms with Crippen LogP contribution in [-0.4, -0.2) is 10.8 Å². The Morgan fingerprint density at radius 2 is 1.88 bits per heavy atom. The number of terminal acetylenes is 1. The maximum Gasteiger partial charge on any atom is 0.195 e. The third-order valence-electron chi connectivity index (χ3n) is 2.23. The van der Waals surface area contributed by atoms with Crippen LogP contribution in [0.15, 0.2) is 48.7 Å². The van der Waals surface area contributed by atoms with E-state index in [9.17, 15) is 4.79 Å². The minimum absolute atomic E-state index is 0.0957. The average molecular weight is 207 g/mol. The van der Waals surface area contributed by atoms with E-state index in [0.717, 1.165) is 0 Å². The molecule has 0 fully saturated rings. The van der Waals surface area contributed by atoms with Gasteiger partial charge in [-0.3, -0.25) is 4.79 Å². The fourth-order valence-corrected chi connectivity index (χ4v) is 1.45. The number of pyridine rings is 1. The van der Waals surface area contributed by atoms with E-state index >= 15 is 0 Å². The van der Waals surface area contributed by atoms with Gasteiger partial charge in [-0.2, -0.15) is 0 Å². The van der Waals surface area contributed by atoms with Crippen LogP contribution in [0.2, 0.25) is 0 Å². The molecule has 76 valence electrons. The molecule has 1 aromatic carbocycles. The molecular formula is C14H9NO. The van der Waals surface area contributed by atoms with Gasteiger partial charge < -0.3 is 0 Å². The van der Waals surface area contributed by atoms with Gasteiger partial charge in [0.1, 0.15) is 5.69 Å². The zero-order valence-electron chi connectivity index (χ0n) is 8.55. The van der Waals surface area contributed by atoms with Crippen molar-refractivity contribution in [3.05, 3.63) is 65.5 Å². The second-order valence-electron chi connectivity index (χ2n) is 3.24. The number of nitrogens with zero attached hydrogens (tertiary/aromatic N) is 1. The fourth-order valence-electron chi connectivity index (χ4n) is 1.45. The first-order valence-electron chi connectivity index (χ1n) is 4.84. The van der Waals surface area contributed by atoms with Crippen molar-refractivity contribution in [3.63, 3.8) is 0 Å². The molecule has 0 aliphatic heterocycles. The van der Waals surface area contributed by atoms with E-state index in [0.29, 0.717) is 16.8 Å². The first-order chi connectivity index (χ1) is 7.83. The number of rotatable bonds is 2. The Balaban J connectivity index is 2.47. The molecule has 0 saturated carbocycles. The smallest absolute Gasteiger partial charge is 0.195 e. The Morgan fingerprint density at radius 1 is 1.12 bits per heavy atom. The van der Waals surface area contributed by atoms with Crippen LogP contribution in [0, 0.1) is 12.3 Å². The molecule has 0 unspecified atom stereocenters. The van der Waals surface area contributed by atoms with E-state index in [1.165, 1.54) is 0 Å². The summed E-state index contributed by atoms with van der Waals surface area (Å²) in [6.07, 6.45) is 6.88. The van der Waals surface area contributed by atoms with Gasteiger partial charge >= 0.3 is 0 Å². The zero-order valence-corrected chi connectivity index (χ0v) is 8.55. The van der Waals surface area contributed by atoms with Crippen LogP contribution in [0.25, 0.3) is 0 Å². The summed E-state index contributed by atoms with van der Waals surface area (Å²) in [6.45, 7) is 0. The molecule has 2 heteroatoms. The summed E-state index contributed by atoms with van der Waals surface area (Å²) < 4.78 is 0. The monoisotopic (exact) mass is 207 g/mol. The third-order valence-corrected chi connectivity index (χ3v) is 2.23. The lowest BCUT2D eigenvalue weighted by atomic mass is 10.0. The van der Waals surface area contributed by atoms with Crippen molar-refractivity contribution in [1.82, 2.24) is 4.98 Å². The number of carbonyl (C=O) groups is 1. The molecule has 2 nitrogen and oxygen atoms in total. The molecule has 16 heavy (non-hydrogen) atoms. The Kier molecular flexibility index (Phi) is 2.79. The summed E-state index contributed by atoms with van der Waals surface area (Å²) in [4.78, 5) is 16.1. The molecule has 0 saturated heterocycles. The zero-order chi connectivity index (χ0) is 11.4. The second-order valence-corrected chi connectivity index (χ2v) is 3.24. The topological polar surface area (TPSA) is 30.0 Å². The fraction of sp³-hybridized carbons (Fsp3) is 0. The molecule has 0 aliphatic rings. The summed E-state index contributed by atoms with van der Waals surface area (Å²) >= 11 is 0. The molecule has 0 atom stereocenters. The number of aromatic nitrogens is 1. The van der Waals surface area contributed by atoms with E-state index < -0.39 is 0 Å². The number of ketones is 1. The van der Waals surface area contributed by atoms with Crippen molar-refractivity contribution < 1.29 is 4.79 Å². The van der Waals surface area contributed by atoms with Gasteiger partial charge in [0.25, 0.3) is 0 Å². The SMILES string of the molecule is C#Cc1ncccc1C(=O)c1ccccc1. The Hall–Kier alpha value is -2.40. The van der Waals surface area contributed by atoms with Crippen molar-refractivity contribution in [3.8, 4) is 12.3 Å². The van der Waals surface area contributed by atoms with Crippen LogP contribution in [0.1, 0.15) is 21.6 Å². The van der Waals surface area contributed by atoms with Gasteiger partial charge in [0, 0.05) is 11.8 Å². The summed E-state index contributed by atoms with van der Waals surface area (Å²) in [7, 11) is 0. The van der Waals surface area contributed by atoms with Crippen LogP contribution in [0.3, 0.4) is 0 Å². The van der Waals surface area contributed by atoms with Crippen LogP contribution >= 0.6 is 0 Å². The molecular weight excluding hydrogens is 198 g/mol. The lowest BCUT2D eigenvalue weighted by molar-refractivity contribution is 0.103. The van der Waals surface area contributed by atoms with Gasteiger partial charge in [-0.05, 0) is 18.1 Å². The van der Waals surface area contributed by atoms with Crippen molar-refractivity contribution in [1.29, 1.82) is 0 Å². The number of benzene rings is 1. The number of carbonyl (C=O) groups excluding carboxylic acids is 1. The summed E-state index contributed by atoms with van der Waals surface area (Å²) in [5, 5.41) is 0. The molecule has 2 aromatic rings. The van der Waals surface area contributed by atoms with Gasteiger partial charge in [-0.25, -0.2) is 4.98 Å². The first-order valence-corrected chi connectivity index (χ1v) is 4.84. The van der Waals surface area contributed by atoms with Gasteiger partial charge in [-0.15, -0.1) is 6.42 Å². The van der Waals surface area contributed by atoms with Crippen LogP contribution in [-0.2, 0) is 0 Å². The van der Waals surface area contributed by atoms with Crippen molar-refractivity contribution >= 4 is 5.78 Å². The van der Waals surface area contributed by atoms with E-state index in [2.05, 4.69) is 10.9 Å². The quantitative estimate of drug-likeness (QED) is 0.558. The Labute approximate surface area is 94.0 Å². The molecule has 0 bridgehead atoms. The molecule has 0 amide bonds. The molecule has 2 rings (SSSR count). The normalized spacial score (nSPS) is 9.44. The minimum atomic E-state index is -0.0957. The molecule has 0 aliphatic carbocycles. The van der Waals surface area contributed by atoms with Gasteiger partial charge in [0.15, 0.2) is 5.78 Å². The highest BCUT2D eigenvalue weighted by atomic mass is 16.1. The summed E-state index contributed by atoms with van der Waals surface area (Å²) in [6, 6.07) is 12.4. The predicted octanol–water partition coefficient (Wildman–Crippen LogP) is 2.29. The molecule has 0 N–H and O–H groups in total. The predicted molar refractivity (Wildman–Crippen MR) is 62.0 cm³/mol. The first kappa shape index (κ1) is 10.1. The average Bonchev–Trinajstić information content (AvgIpc) is 2.39. The largest absolute Gasteiger partial charge is 0.289 e. The summed E-state index contributed by atoms with van der Waals surface area (Å²) in [5.74, 6) is 2.32. The van der Waals surface area contributed by atoms with Crippen molar-refractivity contribution in [2.45, 2.75) is 0 Å². The lowest BCUT2D eigenvalue weighted by Gasteiger charge is -2.02. The minimum Gasteiger partial charge on any atom is -0.289 e. The van der Waals surface area contributed by atoms with E-state index in [4.69, 9.17) is 6.42 Å².